The van der Waals surface area contributed by atoms with E-state index < -0.39 is 5.91 Å². The monoisotopic (exact) mass is 474 g/mol. The molecule has 4 aromatic rings. The van der Waals surface area contributed by atoms with E-state index in [1.54, 1.807) is 10.8 Å². The zero-order valence-corrected chi connectivity index (χ0v) is 19.5. The number of fused-ring (bicyclic) bond motifs is 1. The van der Waals surface area contributed by atoms with E-state index in [1.807, 2.05) is 67.5 Å². The molecule has 7 nitrogen and oxygen atoms in total. The van der Waals surface area contributed by atoms with Crippen molar-refractivity contribution in [2.24, 2.45) is 5.10 Å². The minimum absolute atomic E-state index is 0.0424. The van der Waals surface area contributed by atoms with Crippen molar-refractivity contribution in [3.05, 3.63) is 94.6 Å². The summed E-state index contributed by atoms with van der Waals surface area (Å²) < 4.78 is 1.63. The molecule has 3 aromatic carbocycles. The number of carbonyl (C=O) groups is 2. The molecule has 1 aromatic heterocycles. The van der Waals surface area contributed by atoms with Crippen LogP contribution in [0.2, 0.25) is 5.02 Å². The largest absolute Gasteiger partial charge is 0.506 e. The van der Waals surface area contributed by atoms with Crippen molar-refractivity contribution in [3.63, 3.8) is 0 Å². The lowest BCUT2D eigenvalue weighted by Crippen LogP contribution is -2.17. The minimum Gasteiger partial charge on any atom is -0.506 e. The third-order valence-electron chi connectivity index (χ3n) is 5.42. The van der Waals surface area contributed by atoms with Crippen LogP contribution >= 0.6 is 11.6 Å². The van der Waals surface area contributed by atoms with Gasteiger partial charge in [0, 0.05) is 42.5 Å². The Morgan fingerprint density at radius 3 is 2.56 bits per heavy atom. The van der Waals surface area contributed by atoms with Gasteiger partial charge in [-0.05, 0) is 48.0 Å². The van der Waals surface area contributed by atoms with Crippen LogP contribution in [0.1, 0.15) is 26.3 Å². The highest BCUT2D eigenvalue weighted by molar-refractivity contribution is 6.32. The van der Waals surface area contributed by atoms with E-state index in [0.717, 1.165) is 27.7 Å². The molecule has 0 bridgehead atoms. The van der Waals surface area contributed by atoms with Gasteiger partial charge in [-0.2, -0.15) is 5.10 Å². The molecule has 34 heavy (non-hydrogen) atoms. The Morgan fingerprint density at radius 2 is 1.85 bits per heavy atom. The van der Waals surface area contributed by atoms with Crippen LogP contribution in [0.15, 0.2) is 78.0 Å². The van der Waals surface area contributed by atoms with Gasteiger partial charge in [-0.3, -0.25) is 14.2 Å². The Labute approximate surface area is 201 Å². The van der Waals surface area contributed by atoms with Crippen molar-refractivity contribution in [1.82, 2.24) is 9.99 Å². The Kier molecular flexibility index (Phi) is 6.65. The fourth-order valence-electron chi connectivity index (χ4n) is 3.57. The normalized spacial score (nSPS) is 11.1. The van der Waals surface area contributed by atoms with Gasteiger partial charge >= 0.3 is 0 Å². The first kappa shape index (κ1) is 23.1. The molecule has 0 aliphatic rings. The SMILES string of the molecule is CN(C)c1ccc(CC(=O)n2ccc3c(/C=N/NC(=O)c4ccc(O)c(Cl)c4)cccc32)cc1. The van der Waals surface area contributed by atoms with Crippen LogP contribution in [-0.4, -0.2) is 41.8 Å². The number of phenolic OH excluding ortho intramolecular Hbond substituents is 1. The zero-order valence-electron chi connectivity index (χ0n) is 18.7. The Bertz CT molecular complexity index is 1390. The van der Waals surface area contributed by atoms with Crippen LogP contribution in [0.3, 0.4) is 0 Å². The summed E-state index contributed by atoms with van der Waals surface area (Å²) in [6.07, 6.45) is 3.55. The van der Waals surface area contributed by atoms with E-state index >= 15 is 0 Å². The first-order chi connectivity index (χ1) is 16.3. The predicted octanol–water partition coefficient (Wildman–Crippen LogP) is 4.71. The average molecular weight is 475 g/mol. The first-order valence-electron chi connectivity index (χ1n) is 10.5. The molecule has 1 heterocycles. The van der Waals surface area contributed by atoms with Crippen molar-refractivity contribution in [2.45, 2.75) is 6.42 Å². The molecule has 0 aliphatic heterocycles. The molecule has 0 aliphatic carbocycles. The number of nitrogens with zero attached hydrogens (tertiary/aromatic N) is 3. The van der Waals surface area contributed by atoms with Crippen LogP contribution in [-0.2, 0) is 6.42 Å². The molecule has 0 radical (unpaired) electrons. The number of nitrogens with one attached hydrogen (secondary N) is 1. The number of hydrogen-bond acceptors (Lipinski definition) is 5. The molecular weight excluding hydrogens is 452 g/mol. The van der Waals surface area contributed by atoms with Crippen molar-refractivity contribution >= 4 is 46.2 Å². The second-order valence-corrected chi connectivity index (χ2v) is 8.37. The number of amides is 1. The van der Waals surface area contributed by atoms with Crippen molar-refractivity contribution in [2.75, 3.05) is 19.0 Å². The molecule has 0 atom stereocenters. The van der Waals surface area contributed by atoms with Gasteiger partial charge in [0.1, 0.15) is 5.75 Å². The first-order valence-corrected chi connectivity index (χ1v) is 10.9. The van der Waals surface area contributed by atoms with E-state index in [1.165, 1.54) is 24.4 Å². The number of aromatic hydroxyl groups is 1. The van der Waals surface area contributed by atoms with Gasteiger partial charge in [-0.25, -0.2) is 5.43 Å². The van der Waals surface area contributed by atoms with Gasteiger partial charge in [0.25, 0.3) is 5.91 Å². The molecule has 0 unspecified atom stereocenters. The van der Waals surface area contributed by atoms with Crippen LogP contribution in [0.25, 0.3) is 10.9 Å². The molecule has 0 fully saturated rings. The van der Waals surface area contributed by atoms with Gasteiger partial charge in [0.05, 0.1) is 23.2 Å². The summed E-state index contributed by atoms with van der Waals surface area (Å²) in [7, 11) is 3.95. The predicted molar refractivity (Wildman–Crippen MR) is 135 cm³/mol. The van der Waals surface area contributed by atoms with Gasteiger partial charge < -0.3 is 10.0 Å². The van der Waals surface area contributed by atoms with Gasteiger partial charge in [-0.1, -0.05) is 35.9 Å². The highest BCUT2D eigenvalue weighted by Crippen LogP contribution is 2.24. The maximum Gasteiger partial charge on any atom is 0.271 e. The summed E-state index contributed by atoms with van der Waals surface area (Å²) in [5.41, 5.74) is 6.24. The lowest BCUT2D eigenvalue weighted by molar-refractivity contribution is 0.0917. The highest BCUT2D eigenvalue weighted by atomic mass is 35.5. The van der Waals surface area contributed by atoms with E-state index in [9.17, 15) is 14.7 Å². The average Bonchev–Trinajstić information content (AvgIpc) is 3.26. The fraction of sp³-hybridized carbons (Fsp3) is 0.115. The van der Waals surface area contributed by atoms with Crippen molar-refractivity contribution in [3.8, 4) is 5.75 Å². The van der Waals surface area contributed by atoms with E-state index in [0.29, 0.717) is 0 Å². The van der Waals surface area contributed by atoms with Crippen LogP contribution in [0, 0.1) is 0 Å². The number of benzene rings is 3. The molecule has 0 saturated carbocycles. The topological polar surface area (TPSA) is 86.9 Å². The van der Waals surface area contributed by atoms with Crippen molar-refractivity contribution < 1.29 is 14.7 Å². The Balaban J connectivity index is 1.49. The Hall–Kier alpha value is -4.10. The van der Waals surface area contributed by atoms with E-state index in [-0.39, 0.29) is 28.7 Å². The summed E-state index contributed by atoms with van der Waals surface area (Å²) in [6, 6.07) is 19.5. The Morgan fingerprint density at radius 1 is 1.09 bits per heavy atom. The summed E-state index contributed by atoms with van der Waals surface area (Å²) >= 11 is 5.85. The van der Waals surface area contributed by atoms with Crippen molar-refractivity contribution in [1.29, 1.82) is 0 Å². The fourth-order valence-corrected chi connectivity index (χ4v) is 3.75. The van der Waals surface area contributed by atoms with E-state index in [4.69, 9.17) is 11.6 Å². The number of halogens is 1. The van der Waals surface area contributed by atoms with Gasteiger partial charge in [-0.15, -0.1) is 0 Å². The maximum atomic E-state index is 13.0. The summed E-state index contributed by atoms with van der Waals surface area (Å²) in [4.78, 5) is 27.2. The van der Waals surface area contributed by atoms with Gasteiger partial charge in [0.2, 0.25) is 5.91 Å². The lowest BCUT2D eigenvalue weighted by atomic mass is 10.1. The summed E-state index contributed by atoms with van der Waals surface area (Å²) in [5, 5.41) is 14.4. The minimum atomic E-state index is -0.460. The molecule has 8 heteroatoms. The number of hydrazone groups is 1. The summed E-state index contributed by atoms with van der Waals surface area (Å²) in [5.74, 6) is -0.601. The van der Waals surface area contributed by atoms with Gasteiger partial charge in [0.15, 0.2) is 0 Å². The molecule has 0 spiro atoms. The zero-order chi connectivity index (χ0) is 24.2. The third kappa shape index (κ3) is 4.94. The molecule has 0 saturated heterocycles. The quantitative estimate of drug-likeness (QED) is 0.313. The highest BCUT2D eigenvalue weighted by Gasteiger charge is 2.12. The molecule has 1 amide bonds. The van der Waals surface area contributed by atoms with Crippen LogP contribution < -0.4 is 10.3 Å². The number of hydrogen-bond donors (Lipinski definition) is 2. The number of carbonyl (C=O) groups excluding carboxylic acids is 2. The van der Waals surface area contributed by atoms with E-state index in [2.05, 4.69) is 10.5 Å². The second kappa shape index (κ2) is 9.80. The van der Waals surface area contributed by atoms with Crippen LogP contribution in [0.5, 0.6) is 5.75 Å². The molecular formula is C26H23ClN4O3. The number of rotatable bonds is 6. The van der Waals surface area contributed by atoms with Crippen LogP contribution in [0.4, 0.5) is 5.69 Å². The summed E-state index contributed by atoms with van der Waals surface area (Å²) in [6.45, 7) is 0. The molecule has 172 valence electrons. The standard InChI is InChI=1S/C26H23ClN4O3/c1-30(2)20-9-6-17(7-10-20)14-25(33)31-13-12-21-19(4-3-5-23(21)31)16-28-29-26(34)18-8-11-24(32)22(27)15-18/h3-13,15-16,32H,14H2,1-2H3,(H,29,34)/b28-16+. The second-order valence-electron chi connectivity index (χ2n) is 7.96. The maximum absolute atomic E-state index is 13.0. The number of phenols is 1. The molecule has 4 rings (SSSR count). The lowest BCUT2D eigenvalue weighted by Gasteiger charge is -2.12. The number of anilines is 1. The third-order valence-corrected chi connectivity index (χ3v) is 5.73. The number of aromatic nitrogens is 1. The smallest absolute Gasteiger partial charge is 0.271 e. The molecule has 2 N–H and O–H groups in total.